The number of fused-ring (bicyclic) bond motifs is 1. The minimum absolute atomic E-state index is 0. The van der Waals surface area contributed by atoms with Gasteiger partial charge in [0.15, 0.2) is 0 Å². The van der Waals surface area contributed by atoms with Crippen LogP contribution >= 0.6 is 0 Å². The van der Waals surface area contributed by atoms with Gasteiger partial charge in [0.05, 0.1) is 19.4 Å². The summed E-state index contributed by atoms with van der Waals surface area (Å²) in [4.78, 5) is 0.826. The van der Waals surface area contributed by atoms with Gasteiger partial charge in [-0.05, 0) is 23.5 Å². The molecule has 1 aromatic heterocycles. The van der Waals surface area contributed by atoms with E-state index in [0.717, 1.165) is 15.8 Å². The number of benzene rings is 1. The minimum atomic E-state index is 0. The maximum absolute atomic E-state index is 9.33. The zero-order valence-electron chi connectivity index (χ0n) is 9.86. The zero-order chi connectivity index (χ0) is 13.0. The van der Waals surface area contributed by atoms with E-state index in [4.69, 9.17) is 16.4 Å². The van der Waals surface area contributed by atoms with Crippen molar-refractivity contribution in [3.05, 3.63) is 35.4 Å². The Morgan fingerprint density at radius 3 is 3.00 bits per heavy atom. The summed E-state index contributed by atoms with van der Waals surface area (Å²) in [5.74, 6) is 10.3. The van der Waals surface area contributed by atoms with Gasteiger partial charge < -0.3 is 32.2 Å². The monoisotopic (exact) mass is 442 g/mol. The van der Waals surface area contributed by atoms with Crippen molar-refractivity contribution in [3.8, 4) is 0 Å². The van der Waals surface area contributed by atoms with Crippen LogP contribution in [0.2, 0.25) is 0 Å². The van der Waals surface area contributed by atoms with Crippen LogP contribution in [0.1, 0.15) is 5.56 Å². The number of amidine groups is 1. The topological polar surface area (TPSA) is 126 Å². The fourth-order valence-electron chi connectivity index (χ4n) is 1.53. The van der Waals surface area contributed by atoms with Gasteiger partial charge in [0.25, 0.3) is 0 Å². The van der Waals surface area contributed by atoms with E-state index < -0.39 is 0 Å². The zero-order valence-corrected chi connectivity index (χ0v) is 12.3. The van der Waals surface area contributed by atoms with Crippen LogP contribution in [0, 0.1) is 0 Å². The third-order valence-corrected chi connectivity index (χ3v) is 2.41. The van der Waals surface area contributed by atoms with Crippen LogP contribution in [0.25, 0.3) is 16.3 Å². The van der Waals surface area contributed by atoms with Crippen LogP contribution in [-0.2, 0) is 31.4 Å². The normalized spacial score (nSPS) is 11.3. The summed E-state index contributed by atoms with van der Waals surface area (Å²) in [7, 11) is 0. The molecule has 1 heterocycles. The molecular weight excluding hydrogens is 428 g/mol. The van der Waals surface area contributed by atoms with Crippen molar-refractivity contribution in [1.29, 1.82) is 0 Å². The average molecular weight is 441 g/mol. The summed E-state index contributed by atoms with van der Waals surface area (Å²) in [6, 6.07) is 5.45. The van der Waals surface area contributed by atoms with Gasteiger partial charge in [-0.2, -0.15) is 0 Å². The second-order valence-corrected chi connectivity index (χ2v) is 3.59. The Morgan fingerprint density at radius 1 is 1.53 bits per heavy atom. The third kappa shape index (κ3) is 3.64. The average Bonchev–Trinajstić information content (AvgIpc) is 2.76. The first-order valence-corrected chi connectivity index (χ1v) is 5.16. The SMILES string of the molecule is N/N=C(/COCc1ccc2c(cnn2O)c1)[N-]N.[Ir]. The molecule has 0 aliphatic rings. The van der Waals surface area contributed by atoms with Crippen LogP contribution in [0.5, 0.6) is 0 Å². The second kappa shape index (κ2) is 7.05. The number of nitrogens with two attached hydrogens (primary N) is 2. The summed E-state index contributed by atoms with van der Waals surface area (Å²) in [6.07, 6.45) is 1.57. The number of hydrazone groups is 1. The van der Waals surface area contributed by atoms with Gasteiger partial charge >= 0.3 is 0 Å². The summed E-state index contributed by atoms with van der Waals surface area (Å²) in [5.41, 5.74) is 4.92. The van der Waals surface area contributed by atoms with Gasteiger partial charge in [0.2, 0.25) is 0 Å². The molecule has 1 radical (unpaired) electrons. The fraction of sp³-hybridized carbons (Fsp3) is 0.200. The quantitative estimate of drug-likeness (QED) is 0.207. The Bertz CT molecular complexity index is 570. The smallest absolute Gasteiger partial charge is 0.110 e. The van der Waals surface area contributed by atoms with Crippen LogP contribution < -0.4 is 11.7 Å². The van der Waals surface area contributed by atoms with E-state index >= 15 is 0 Å². The molecule has 0 atom stereocenters. The summed E-state index contributed by atoms with van der Waals surface area (Å²) >= 11 is 0. The van der Waals surface area contributed by atoms with E-state index in [9.17, 15) is 5.21 Å². The Hall–Kier alpha value is -1.67. The Kier molecular flexibility index (Phi) is 5.71. The summed E-state index contributed by atoms with van der Waals surface area (Å²) in [6.45, 7) is 0.505. The van der Waals surface area contributed by atoms with Crippen molar-refractivity contribution < 1.29 is 30.0 Å². The first kappa shape index (κ1) is 15.4. The molecule has 0 unspecified atom stereocenters. The number of aromatic nitrogens is 2. The first-order valence-electron chi connectivity index (χ1n) is 5.16. The standard InChI is InChI=1S/C10H13N6O2.Ir/c11-14-10(15-12)6-18-5-7-1-2-9-8(3-7)4-13-16(9)17;/h1-4,17H,5-6,11-12H2;/q-1;. The van der Waals surface area contributed by atoms with Gasteiger partial charge in [0.1, 0.15) is 5.52 Å². The molecule has 0 fully saturated rings. The largest absolute Gasteiger partial charge is 0.411 e. The molecule has 105 valence electrons. The third-order valence-electron chi connectivity index (χ3n) is 2.41. The maximum Gasteiger partial charge on any atom is 0.110 e. The molecule has 1 aromatic carbocycles. The van der Waals surface area contributed by atoms with Crippen LogP contribution in [0.15, 0.2) is 29.5 Å². The molecule has 0 spiro atoms. The molecule has 2 rings (SSSR count). The van der Waals surface area contributed by atoms with E-state index in [1.807, 2.05) is 12.1 Å². The molecule has 9 heteroatoms. The van der Waals surface area contributed by atoms with Gasteiger partial charge in [-0.1, -0.05) is 6.07 Å². The number of hydrogen-bond donors (Lipinski definition) is 3. The molecule has 5 N–H and O–H groups in total. The van der Waals surface area contributed by atoms with Crippen LogP contribution in [-0.4, -0.2) is 27.6 Å². The van der Waals surface area contributed by atoms with Crippen molar-refractivity contribution >= 4 is 16.7 Å². The predicted molar refractivity (Wildman–Crippen MR) is 65.7 cm³/mol. The molecule has 0 saturated carbocycles. The van der Waals surface area contributed by atoms with Crippen molar-refractivity contribution in [1.82, 2.24) is 9.94 Å². The van der Waals surface area contributed by atoms with Gasteiger partial charge in [0, 0.05) is 25.5 Å². The molecule has 0 aliphatic heterocycles. The predicted octanol–water partition coefficient (Wildman–Crippen LogP) is 0.307. The number of rotatable bonds is 4. The van der Waals surface area contributed by atoms with E-state index in [1.54, 1.807) is 12.3 Å². The molecule has 19 heavy (non-hydrogen) atoms. The van der Waals surface area contributed by atoms with Crippen molar-refractivity contribution in [2.24, 2.45) is 16.8 Å². The van der Waals surface area contributed by atoms with Crippen LogP contribution in [0.3, 0.4) is 0 Å². The van der Waals surface area contributed by atoms with Gasteiger partial charge in [-0.25, -0.2) is 0 Å². The minimum Gasteiger partial charge on any atom is -0.411 e. The molecule has 0 saturated heterocycles. The maximum atomic E-state index is 9.33. The van der Waals surface area contributed by atoms with Crippen molar-refractivity contribution in [3.63, 3.8) is 0 Å². The molecule has 0 aliphatic carbocycles. The van der Waals surface area contributed by atoms with E-state index in [0.29, 0.717) is 12.1 Å². The first-order chi connectivity index (χ1) is 8.74. The Balaban J connectivity index is 0.00000180. The number of hydrogen-bond acceptors (Lipinski definition) is 6. The van der Waals surface area contributed by atoms with Crippen molar-refractivity contribution in [2.45, 2.75) is 6.61 Å². The van der Waals surface area contributed by atoms with E-state index in [-0.39, 0.29) is 32.5 Å². The van der Waals surface area contributed by atoms with Crippen molar-refractivity contribution in [2.75, 3.05) is 6.61 Å². The Morgan fingerprint density at radius 2 is 2.32 bits per heavy atom. The van der Waals surface area contributed by atoms with Gasteiger partial charge in [-0.15, -0.1) is 9.94 Å². The van der Waals surface area contributed by atoms with Gasteiger partial charge in [-0.3, -0.25) is 0 Å². The summed E-state index contributed by atoms with van der Waals surface area (Å²) in [5, 5.41) is 17.2. The molecule has 2 aromatic rings. The number of ether oxygens (including phenoxy) is 1. The number of nitrogens with zero attached hydrogens (tertiary/aromatic N) is 4. The fourth-order valence-corrected chi connectivity index (χ4v) is 1.53. The van der Waals surface area contributed by atoms with Crippen LogP contribution in [0.4, 0.5) is 0 Å². The second-order valence-electron chi connectivity index (χ2n) is 3.59. The molecule has 8 nitrogen and oxygen atoms in total. The molecule has 0 amide bonds. The Labute approximate surface area is 122 Å². The molecular formula is C10H13IrN6O2-. The summed E-state index contributed by atoms with van der Waals surface area (Å²) < 4.78 is 5.35. The molecule has 0 bridgehead atoms. The van der Waals surface area contributed by atoms with E-state index in [1.165, 1.54) is 0 Å². The van der Waals surface area contributed by atoms with E-state index in [2.05, 4.69) is 15.6 Å².